The second kappa shape index (κ2) is 54.5. The van der Waals surface area contributed by atoms with E-state index in [4.69, 9.17) is 14.6 Å². The fourth-order valence-corrected chi connectivity index (χ4v) is 8.89. The van der Waals surface area contributed by atoms with Crippen LogP contribution in [0.1, 0.15) is 311 Å². The molecule has 0 heterocycles. The van der Waals surface area contributed by atoms with Crippen LogP contribution in [0.2, 0.25) is 0 Å². The Morgan fingerprint density at radius 3 is 0.854 bits per heavy atom. The second-order valence-corrected chi connectivity index (χ2v) is 21.6. The number of phenolic OH excluding ortho intramolecular Hbond substituents is 5. The number of unbranched alkanes of at least 4 members (excludes halogenated alkanes) is 33. The fraction of sp³-hybridized carbons (Fsp3) is 0.662. The number of hydrogen-bond acceptors (Lipinski definition) is 13. The Morgan fingerprint density at radius 1 is 0.354 bits per heavy atom. The van der Waals surface area contributed by atoms with Gasteiger partial charge in [0.15, 0.2) is 17.2 Å². The maximum absolute atomic E-state index is 11.9. The third-order valence-electron chi connectivity index (χ3n) is 13.9. The zero-order valence-electron chi connectivity index (χ0n) is 50.9. The Hall–Kier alpha value is -5.79. The van der Waals surface area contributed by atoms with E-state index in [-0.39, 0.29) is 24.0 Å². The van der Waals surface area contributed by atoms with E-state index in [2.05, 4.69) is 57.2 Å². The number of esters is 4. The Labute approximate surface area is 493 Å². The highest BCUT2D eigenvalue weighted by Gasteiger charge is 2.18. The molecule has 0 atom stereocenters. The van der Waals surface area contributed by atoms with Crippen molar-refractivity contribution >= 4 is 29.8 Å². The van der Waals surface area contributed by atoms with Crippen LogP contribution >= 0.6 is 0 Å². The molecule has 0 aromatic heterocycles. The van der Waals surface area contributed by atoms with E-state index in [0.29, 0.717) is 19.3 Å². The first kappa shape index (κ1) is 76.2. The Kier molecular flexibility index (Phi) is 50.6. The molecule has 2 aromatic rings. The number of allylic oxidation sites excluding steroid dienone is 6. The first-order chi connectivity index (χ1) is 39.7. The van der Waals surface area contributed by atoms with E-state index in [9.17, 15) is 54.6 Å². The summed E-state index contributed by atoms with van der Waals surface area (Å²) in [6.07, 6.45) is 60.7. The van der Waals surface area contributed by atoms with Crippen LogP contribution < -0.4 is 5.11 Å². The lowest BCUT2D eigenvalue weighted by molar-refractivity contribution is -0.272. The number of phenols is 5. The van der Waals surface area contributed by atoms with Crippen LogP contribution in [0.3, 0.4) is 0 Å². The van der Waals surface area contributed by atoms with Gasteiger partial charge >= 0.3 is 29.8 Å². The molecule has 14 nitrogen and oxygen atoms in total. The number of ether oxygens (including phenoxy) is 2. The number of carboxylic acids is 1. The van der Waals surface area contributed by atoms with Gasteiger partial charge in [0.2, 0.25) is 0 Å². The van der Waals surface area contributed by atoms with Gasteiger partial charge in [-0.05, 0) is 126 Å². The molecule has 6 N–H and O–H groups in total. The van der Waals surface area contributed by atoms with Crippen molar-refractivity contribution in [2.24, 2.45) is 0 Å². The van der Waals surface area contributed by atoms with Crippen molar-refractivity contribution in [1.82, 2.24) is 0 Å². The van der Waals surface area contributed by atoms with Gasteiger partial charge in [-0.1, -0.05) is 211 Å². The molecule has 82 heavy (non-hydrogen) atoms. The summed E-state index contributed by atoms with van der Waals surface area (Å²) in [5.41, 5.74) is -0.446. The van der Waals surface area contributed by atoms with E-state index in [1.807, 2.05) is 0 Å². The van der Waals surface area contributed by atoms with Gasteiger partial charge in [-0.3, -0.25) is 14.4 Å². The first-order valence-corrected chi connectivity index (χ1v) is 31.8. The average Bonchev–Trinajstić information content (AvgIpc) is 3.49. The number of carbonyl (C=O) groups excluding carboxylic acids is 4. The van der Waals surface area contributed by atoms with E-state index >= 15 is 0 Å². The van der Waals surface area contributed by atoms with Crippen molar-refractivity contribution in [3.8, 4) is 34.5 Å². The first-order valence-electron chi connectivity index (χ1n) is 31.8. The number of hydrogen-bond donors (Lipinski definition) is 6. The van der Waals surface area contributed by atoms with Crippen molar-refractivity contribution in [2.45, 2.75) is 290 Å². The topological polar surface area (TPSA) is 248 Å². The standard InChI is InChI=1S/2C25H38O6.C18H34O2/c2*1-2-3-4-5-6-7-8-9-10-11-12-13-14-15-16-17-23(28)31-25(30)20-18-21(26)24(29)22(27)19-20;1-2-3-4-5-6-7-8-9-10-11-12-13-14-15-16-17-18(19)20/h2*9-10,18-19,26-27,29H,2-8,11-17H2,1H3;9-10H,2-8,11-17H2,1H3,(H,19,20)/p-1/b3*10-9+. The smallest absolute Gasteiger partial charge is 0.346 e. The van der Waals surface area contributed by atoms with Crippen LogP contribution in [0.15, 0.2) is 60.7 Å². The molecule has 0 bridgehead atoms. The summed E-state index contributed by atoms with van der Waals surface area (Å²) in [7, 11) is 0. The average molecular weight is 1150 g/mol. The predicted octanol–water partition coefficient (Wildman–Crippen LogP) is 18.5. The quantitative estimate of drug-likeness (QED) is 0.0119. The number of carboxylic acid groups (broad SMARTS) is 1. The predicted molar refractivity (Wildman–Crippen MR) is 327 cm³/mol. The molecule has 0 unspecified atom stereocenters. The lowest BCUT2D eigenvalue weighted by Gasteiger charge is -2.12. The van der Waals surface area contributed by atoms with Crippen molar-refractivity contribution in [3.05, 3.63) is 71.8 Å². The van der Waals surface area contributed by atoms with Crippen molar-refractivity contribution in [2.75, 3.05) is 0 Å². The van der Waals surface area contributed by atoms with Crippen molar-refractivity contribution in [1.29, 1.82) is 0 Å². The highest BCUT2D eigenvalue weighted by Crippen LogP contribution is 2.36. The van der Waals surface area contributed by atoms with Crippen LogP contribution in [0, 0.1) is 0 Å². The Morgan fingerprint density at radius 2 is 0.585 bits per heavy atom. The maximum Gasteiger partial charge on any atom is 0.346 e. The van der Waals surface area contributed by atoms with Gasteiger partial charge in [-0.15, -0.1) is 0 Å². The van der Waals surface area contributed by atoms with Gasteiger partial charge in [0, 0.05) is 19.3 Å². The molecule has 0 amide bonds. The third kappa shape index (κ3) is 45.8. The zero-order chi connectivity index (χ0) is 60.7. The minimum absolute atomic E-state index is 0.126. The van der Waals surface area contributed by atoms with Gasteiger partial charge in [-0.2, -0.15) is 0 Å². The summed E-state index contributed by atoms with van der Waals surface area (Å²) in [5.74, 6) is -8.48. The minimum Gasteiger partial charge on any atom is -0.867 e. The van der Waals surface area contributed by atoms with E-state index < -0.39 is 64.3 Å². The molecule has 0 aliphatic heterocycles. The molecule has 2 rings (SSSR count). The Bertz CT molecular complexity index is 1890. The van der Waals surface area contributed by atoms with Gasteiger partial charge in [0.05, 0.1) is 11.1 Å². The molecule has 0 aliphatic carbocycles. The van der Waals surface area contributed by atoms with Gasteiger partial charge in [0.1, 0.15) is 11.5 Å². The SMILES string of the molecule is CCCCCCCC/C=C/CCCCCCCC(=O)O.CCCCCCCC/C=C/CCCCCCCC(=O)OC(=O)c1cc(O)c(O)c(O)c1.CCCCCCCC/C=C/CCCCCCCC(=O)OC(=O)c1cc(O)c([O-])c(O)c1. The molecule has 466 valence electrons. The van der Waals surface area contributed by atoms with Gasteiger partial charge in [-0.25, -0.2) is 9.59 Å². The van der Waals surface area contributed by atoms with Crippen LogP contribution in [0.4, 0.5) is 0 Å². The maximum atomic E-state index is 11.9. The molecule has 0 saturated heterocycles. The van der Waals surface area contributed by atoms with Crippen LogP contribution in [-0.4, -0.2) is 60.5 Å². The second-order valence-electron chi connectivity index (χ2n) is 21.6. The Balaban J connectivity index is 0.00000123. The molecule has 2 aromatic carbocycles. The number of carbonyl (C=O) groups is 5. The van der Waals surface area contributed by atoms with Crippen LogP contribution in [-0.2, 0) is 23.9 Å². The third-order valence-corrected chi connectivity index (χ3v) is 13.9. The number of aliphatic carboxylic acids is 1. The zero-order valence-corrected chi connectivity index (χ0v) is 50.9. The summed E-state index contributed by atoms with van der Waals surface area (Å²) in [5, 5.41) is 66.5. The summed E-state index contributed by atoms with van der Waals surface area (Å²) < 4.78 is 9.41. The number of benzene rings is 2. The molecule has 0 radical (unpaired) electrons. The minimum atomic E-state index is -0.997. The van der Waals surface area contributed by atoms with Crippen molar-refractivity contribution < 1.29 is 69.2 Å². The highest BCUT2D eigenvalue weighted by atomic mass is 16.6. The lowest BCUT2D eigenvalue weighted by Crippen LogP contribution is -2.12. The number of aromatic hydroxyl groups is 5. The fourth-order valence-electron chi connectivity index (χ4n) is 8.89. The van der Waals surface area contributed by atoms with E-state index in [0.717, 1.165) is 101 Å². The van der Waals surface area contributed by atoms with E-state index in [1.165, 1.54) is 161 Å². The molecule has 0 saturated carbocycles. The summed E-state index contributed by atoms with van der Waals surface area (Å²) in [6.45, 7) is 6.73. The van der Waals surface area contributed by atoms with E-state index in [1.54, 1.807) is 0 Å². The van der Waals surface area contributed by atoms with Crippen LogP contribution in [0.5, 0.6) is 34.5 Å². The van der Waals surface area contributed by atoms with Crippen LogP contribution in [0.25, 0.3) is 0 Å². The largest absolute Gasteiger partial charge is 0.867 e. The van der Waals surface area contributed by atoms with Gasteiger partial charge < -0.3 is 45.2 Å². The monoisotopic (exact) mass is 1150 g/mol. The summed E-state index contributed by atoms with van der Waals surface area (Å²) in [4.78, 5) is 57.6. The molecular formula is C68H109O14-. The van der Waals surface area contributed by atoms with Crippen molar-refractivity contribution in [3.63, 3.8) is 0 Å². The highest BCUT2D eigenvalue weighted by molar-refractivity contribution is 5.98. The lowest BCUT2D eigenvalue weighted by atomic mass is 10.1. The normalized spacial score (nSPS) is 11.2. The molecule has 0 fully saturated rings. The molecular weight excluding hydrogens is 1040 g/mol. The number of rotatable bonds is 47. The van der Waals surface area contributed by atoms with Gasteiger partial charge in [0.25, 0.3) is 0 Å². The molecule has 0 aliphatic rings. The summed E-state index contributed by atoms with van der Waals surface area (Å²) in [6, 6.07) is 3.62. The molecule has 14 heteroatoms. The summed E-state index contributed by atoms with van der Waals surface area (Å²) >= 11 is 0. The molecule has 0 spiro atoms.